The standard InChI is InChI=1S/C16H19FN2O/c1-3-20-16-15(8-5-9-18-16)19-12(2)10-13-6-4-7-14(17)11-13/h4-9,11-12,19H,3,10H2,1-2H3. The fourth-order valence-corrected chi connectivity index (χ4v) is 2.09. The molecule has 0 fully saturated rings. The molecule has 4 heteroatoms. The van der Waals surface area contributed by atoms with Crippen molar-refractivity contribution in [1.82, 2.24) is 4.98 Å². The molecule has 2 aromatic rings. The van der Waals surface area contributed by atoms with Crippen LogP contribution in [0.4, 0.5) is 10.1 Å². The van der Waals surface area contributed by atoms with Crippen LogP contribution >= 0.6 is 0 Å². The Morgan fingerprint density at radius 2 is 2.15 bits per heavy atom. The molecule has 20 heavy (non-hydrogen) atoms. The van der Waals surface area contributed by atoms with E-state index in [0.717, 1.165) is 17.7 Å². The van der Waals surface area contributed by atoms with Gasteiger partial charge in [-0.25, -0.2) is 9.37 Å². The highest BCUT2D eigenvalue weighted by Crippen LogP contribution is 2.22. The Morgan fingerprint density at radius 3 is 2.90 bits per heavy atom. The quantitative estimate of drug-likeness (QED) is 0.872. The zero-order valence-electron chi connectivity index (χ0n) is 11.8. The third kappa shape index (κ3) is 3.95. The number of anilines is 1. The van der Waals surface area contributed by atoms with E-state index in [1.54, 1.807) is 18.3 Å². The summed E-state index contributed by atoms with van der Waals surface area (Å²) >= 11 is 0. The monoisotopic (exact) mass is 274 g/mol. The number of aromatic nitrogens is 1. The molecule has 2 rings (SSSR count). The molecule has 1 aromatic carbocycles. The molecule has 0 bridgehead atoms. The van der Waals surface area contributed by atoms with Gasteiger partial charge >= 0.3 is 0 Å². The van der Waals surface area contributed by atoms with Gasteiger partial charge in [0.05, 0.1) is 12.3 Å². The third-order valence-electron chi connectivity index (χ3n) is 2.89. The molecule has 1 unspecified atom stereocenters. The Kier molecular flexibility index (Phi) is 4.93. The fraction of sp³-hybridized carbons (Fsp3) is 0.312. The van der Waals surface area contributed by atoms with E-state index in [1.807, 2.05) is 32.0 Å². The molecule has 0 saturated carbocycles. The normalized spacial score (nSPS) is 11.9. The van der Waals surface area contributed by atoms with Crippen LogP contribution in [-0.2, 0) is 6.42 Å². The van der Waals surface area contributed by atoms with Crippen LogP contribution in [-0.4, -0.2) is 17.6 Å². The van der Waals surface area contributed by atoms with E-state index in [-0.39, 0.29) is 11.9 Å². The maximum atomic E-state index is 13.2. The SMILES string of the molecule is CCOc1ncccc1NC(C)Cc1cccc(F)c1. The van der Waals surface area contributed by atoms with Crippen LogP contribution in [0.15, 0.2) is 42.6 Å². The van der Waals surface area contributed by atoms with E-state index in [0.29, 0.717) is 12.5 Å². The maximum absolute atomic E-state index is 13.2. The van der Waals surface area contributed by atoms with E-state index in [4.69, 9.17) is 4.74 Å². The number of hydrogen-bond acceptors (Lipinski definition) is 3. The summed E-state index contributed by atoms with van der Waals surface area (Å²) in [4.78, 5) is 4.20. The van der Waals surface area contributed by atoms with Crippen molar-refractivity contribution in [2.45, 2.75) is 26.3 Å². The van der Waals surface area contributed by atoms with Crippen LogP contribution < -0.4 is 10.1 Å². The molecule has 1 N–H and O–H groups in total. The zero-order valence-corrected chi connectivity index (χ0v) is 11.8. The van der Waals surface area contributed by atoms with Crippen LogP contribution in [0.3, 0.4) is 0 Å². The lowest BCUT2D eigenvalue weighted by Gasteiger charge is -2.17. The molecule has 0 aliphatic rings. The minimum Gasteiger partial charge on any atom is -0.476 e. The van der Waals surface area contributed by atoms with E-state index >= 15 is 0 Å². The summed E-state index contributed by atoms with van der Waals surface area (Å²) < 4.78 is 18.6. The lowest BCUT2D eigenvalue weighted by molar-refractivity contribution is 0.328. The molecule has 0 aliphatic heterocycles. The predicted octanol–water partition coefficient (Wildman–Crippen LogP) is 3.66. The molecule has 106 valence electrons. The minimum atomic E-state index is -0.203. The van der Waals surface area contributed by atoms with E-state index < -0.39 is 0 Å². The molecule has 1 aromatic heterocycles. The van der Waals surface area contributed by atoms with Gasteiger partial charge in [-0.3, -0.25) is 0 Å². The molecule has 0 spiro atoms. The second-order valence-corrected chi connectivity index (χ2v) is 4.67. The molecule has 1 atom stereocenters. The average molecular weight is 274 g/mol. The van der Waals surface area contributed by atoms with Crippen molar-refractivity contribution in [3.8, 4) is 5.88 Å². The van der Waals surface area contributed by atoms with E-state index in [2.05, 4.69) is 10.3 Å². The van der Waals surface area contributed by atoms with Crippen molar-refractivity contribution in [2.24, 2.45) is 0 Å². The van der Waals surface area contributed by atoms with Crippen LogP contribution in [0.2, 0.25) is 0 Å². The van der Waals surface area contributed by atoms with Gasteiger partial charge in [0.1, 0.15) is 5.82 Å². The van der Waals surface area contributed by atoms with Crippen molar-refractivity contribution in [3.63, 3.8) is 0 Å². The van der Waals surface area contributed by atoms with Gasteiger partial charge in [-0.1, -0.05) is 12.1 Å². The number of nitrogens with zero attached hydrogens (tertiary/aromatic N) is 1. The molecule has 0 saturated heterocycles. The number of nitrogens with one attached hydrogen (secondary N) is 1. The Labute approximate surface area is 118 Å². The largest absolute Gasteiger partial charge is 0.476 e. The van der Waals surface area contributed by atoms with Crippen molar-refractivity contribution >= 4 is 5.69 Å². The highest BCUT2D eigenvalue weighted by Gasteiger charge is 2.09. The first-order valence-electron chi connectivity index (χ1n) is 6.78. The van der Waals surface area contributed by atoms with Gasteiger partial charge in [0.25, 0.3) is 0 Å². The number of benzene rings is 1. The number of hydrogen-bond donors (Lipinski definition) is 1. The lowest BCUT2D eigenvalue weighted by Crippen LogP contribution is -2.19. The van der Waals surface area contributed by atoms with Crippen molar-refractivity contribution in [1.29, 1.82) is 0 Å². The number of rotatable bonds is 6. The van der Waals surface area contributed by atoms with Crippen molar-refractivity contribution < 1.29 is 9.13 Å². The highest BCUT2D eigenvalue weighted by molar-refractivity contribution is 5.52. The molecular formula is C16H19FN2O. The molecule has 0 radical (unpaired) electrons. The average Bonchev–Trinajstić information content (AvgIpc) is 2.41. The summed E-state index contributed by atoms with van der Waals surface area (Å²) in [5.74, 6) is 0.396. The highest BCUT2D eigenvalue weighted by atomic mass is 19.1. The van der Waals surface area contributed by atoms with Gasteiger partial charge in [0.2, 0.25) is 5.88 Å². The topological polar surface area (TPSA) is 34.1 Å². The van der Waals surface area contributed by atoms with Crippen molar-refractivity contribution in [2.75, 3.05) is 11.9 Å². The summed E-state index contributed by atoms with van der Waals surface area (Å²) in [5, 5.41) is 3.35. The molecule has 3 nitrogen and oxygen atoms in total. The smallest absolute Gasteiger partial charge is 0.237 e. The van der Waals surface area contributed by atoms with E-state index in [9.17, 15) is 4.39 Å². The van der Waals surface area contributed by atoms with Crippen LogP contribution in [0, 0.1) is 5.82 Å². The number of pyridine rings is 1. The Morgan fingerprint density at radius 1 is 1.30 bits per heavy atom. The first-order valence-corrected chi connectivity index (χ1v) is 6.78. The predicted molar refractivity (Wildman–Crippen MR) is 78.6 cm³/mol. The van der Waals surface area contributed by atoms with Gasteiger partial charge in [0, 0.05) is 12.2 Å². The fourth-order valence-electron chi connectivity index (χ4n) is 2.09. The Bertz CT molecular complexity index is 560. The molecular weight excluding hydrogens is 255 g/mol. The summed E-state index contributed by atoms with van der Waals surface area (Å²) in [5.41, 5.74) is 1.82. The Balaban J connectivity index is 2.02. The molecule has 0 aliphatic carbocycles. The number of ether oxygens (including phenoxy) is 1. The van der Waals surface area contributed by atoms with Gasteiger partial charge < -0.3 is 10.1 Å². The van der Waals surface area contributed by atoms with Gasteiger partial charge in [-0.15, -0.1) is 0 Å². The minimum absolute atomic E-state index is 0.153. The summed E-state index contributed by atoms with van der Waals surface area (Å²) in [7, 11) is 0. The van der Waals surface area contributed by atoms with Crippen LogP contribution in [0.1, 0.15) is 19.4 Å². The summed E-state index contributed by atoms with van der Waals surface area (Å²) in [6.07, 6.45) is 2.44. The molecule has 0 amide bonds. The summed E-state index contributed by atoms with van der Waals surface area (Å²) in [6.45, 7) is 4.55. The second-order valence-electron chi connectivity index (χ2n) is 4.67. The van der Waals surface area contributed by atoms with Crippen LogP contribution in [0.25, 0.3) is 0 Å². The third-order valence-corrected chi connectivity index (χ3v) is 2.89. The second kappa shape index (κ2) is 6.89. The molecule has 1 heterocycles. The lowest BCUT2D eigenvalue weighted by atomic mass is 10.1. The van der Waals surface area contributed by atoms with Gasteiger partial charge in [-0.2, -0.15) is 0 Å². The first-order chi connectivity index (χ1) is 9.69. The Hall–Kier alpha value is -2.10. The van der Waals surface area contributed by atoms with Gasteiger partial charge in [-0.05, 0) is 50.1 Å². The maximum Gasteiger partial charge on any atom is 0.237 e. The van der Waals surface area contributed by atoms with E-state index in [1.165, 1.54) is 6.07 Å². The first kappa shape index (κ1) is 14.3. The van der Waals surface area contributed by atoms with Crippen LogP contribution in [0.5, 0.6) is 5.88 Å². The van der Waals surface area contributed by atoms with Gasteiger partial charge in [0.15, 0.2) is 0 Å². The zero-order chi connectivity index (χ0) is 14.4. The number of halogens is 1. The summed E-state index contributed by atoms with van der Waals surface area (Å²) in [6, 6.07) is 10.6. The van der Waals surface area contributed by atoms with Crippen molar-refractivity contribution in [3.05, 3.63) is 54.0 Å².